The fraction of sp³-hybridized carbons (Fsp3) is 0.227. The normalized spacial score (nSPS) is 18.8. The van der Waals surface area contributed by atoms with Gasteiger partial charge in [0, 0.05) is 18.2 Å². The molecule has 4 rings (SSSR count). The van der Waals surface area contributed by atoms with Gasteiger partial charge in [0.1, 0.15) is 11.3 Å². The van der Waals surface area contributed by atoms with Crippen LogP contribution in [-0.4, -0.2) is 28.7 Å². The van der Waals surface area contributed by atoms with E-state index in [1.54, 1.807) is 6.07 Å². The Labute approximate surface area is 158 Å². The second kappa shape index (κ2) is 7.19. The Morgan fingerprint density at radius 1 is 1.07 bits per heavy atom. The van der Waals surface area contributed by atoms with Crippen LogP contribution in [0.5, 0.6) is 0 Å². The van der Waals surface area contributed by atoms with Gasteiger partial charge in [-0.1, -0.05) is 59.8 Å². The summed E-state index contributed by atoms with van der Waals surface area (Å²) in [6, 6.07) is 21.6. The van der Waals surface area contributed by atoms with E-state index in [1.807, 2.05) is 55.5 Å². The van der Waals surface area contributed by atoms with E-state index in [1.165, 1.54) is 5.56 Å². The Morgan fingerprint density at radius 3 is 2.70 bits per heavy atom. The molecule has 27 heavy (non-hydrogen) atoms. The molecule has 1 amide bonds. The fourth-order valence-corrected chi connectivity index (χ4v) is 3.35. The van der Waals surface area contributed by atoms with Gasteiger partial charge in [-0.2, -0.15) is 0 Å². The predicted molar refractivity (Wildman–Crippen MR) is 106 cm³/mol. The van der Waals surface area contributed by atoms with Crippen LogP contribution in [-0.2, 0) is 11.3 Å². The molecule has 1 aromatic heterocycles. The Hall–Kier alpha value is -3.21. The summed E-state index contributed by atoms with van der Waals surface area (Å²) in [5, 5.41) is 8.09. The highest BCUT2D eigenvalue weighted by Gasteiger charge is 2.34. The summed E-state index contributed by atoms with van der Waals surface area (Å²) in [6.45, 7) is 2.40. The summed E-state index contributed by atoms with van der Waals surface area (Å²) in [4.78, 5) is 22.5. The molecule has 5 nitrogen and oxygen atoms in total. The third-order valence-electron chi connectivity index (χ3n) is 4.68. The standard InChI is InChI=1S/C22H21N3O2/c1-22(13-16-7-3-2-4-8-16)14-18(25-27-22)15-23-21(26)20-12-11-17-9-5-6-10-19(17)24-20/h2-12H,13-15H2,1H3,(H,23,26). The van der Waals surface area contributed by atoms with Gasteiger partial charge in [-0.25, -0.2) is 4.98 Å². The van der Waals surface area contributed by atoms with E-state index in [0.29, 0.717) is 18.7 Å². The average molecular weight is 359 g/mol. The quantitative estimate of drug-likeness (QED) is 0.755. The molecule has 3 aromatic rings. The first-order chi connectivity index (χ1) is 13.1. The van der Waals surface area contributed by atoms with Crippen LogP contribution >= 0.6 is 0 Å². The zero-order chi connectivity index (χ0) is 18.7. The Bertz CT molecular complexity index is 1000. The molecule has 0 fully saturated rings. The lowest BCUT2D eigenvalue weighted by molar-refractivity contribution is -0.00283. The van der Waals surface area contributed by atoms with Gasteiger partial charge in [0.05, 0.1) is 17.8 Å². The number of nitrogens with zero attached hydrogens (tertiary/aromatic N) is 2. The zero-order valence-corrected chi connectivity index (χ0v) is 15.2. The van der Waals surface area contributed by atoms with Crippen molar-refractivity contribution in [2.45, 2.75) is 25.4 Å². The molecular formula is C22H21N3O2. The number of carbonyl (C=O) groups excluding carboxylic acids is 1. The minimum absolute atomic E-state index is 0.208. The van der Waals surface area contributed by atoms with Crippen molar-refractivity contribution in [3.05, 3.63) is 78.0 Å². The van der Waals surface area contributed by atoms with Crippen LogP contribution in [0.25, 0.3) is 10.9 Å². The number of benzene rings is 2. The predicted octanol–water partition coefficient (Wildman–Crippen LogP) is 3.74. The van der Waals surface area contributed by atoms with Crippen LogP contribution in [0, 0.1) is 0 Å². The highest BCUT2D eigenvalue weighted by molar-refractivity contribution is 5.98. The molecule has 0 saturated carbocycles. The van der Waals surface area contributed by atoms with Crippen LogP contribution in [0.1, 0.15) is 29.4 Å². The van der Waals surface area contributed by atoms with Gasteiger partial charge in [-0.05, 0) is 24.6 Å². The van der Waals surface area contributed by atoms with Crippen LogP contribution in [0.3, 0.4) is 0 Å². The summed E-state index contributed by atoms with van der Waals surface area (Å²) >= 11 is 0. The van der Waals surface area contributed by atoms with Crippen molar-refractivity contribution in [2.24, 2.45) is 5.16 Å². The molecule has 0 radical (unpaired) electrons. The number of hydrogen-bond donors (Lipinski definition) is 1. The molecule has 136 valence electrons. The Morgan fingerprint density at radius 2 is 1.85 bits per heavy atom. The summed E-state index contributed by atoms with van der Waals surface area (Å²) < 4.78 is 0. The first-order valence-electron chi connectivity index (χ1n) is 9.03. The second-order valence-electron chi connectivity index (χ2n) is 7.11. The van der Waals surface area contributed by atoms with Gasteiger partial charge in [0.15, 0.2) is 0 Å². The first-order valence-corrected chi connectivity index (χ1v) is 9.03. The van der Waals surface area contributed by atoms with Gasteiger partial charge in [0.2, 0.25) is 0 Å². The molecule has 1 aliphatic heterocycles. The first kappa shape index (κ1) is 17.2. The largest absolute Gasteiger partial charge is 0.389 e. The molecule has 1 unspecified atom stereocenters. The van der Waals surface area contributed by atoms with Crippen LogP contribution in [0.2, 0.25) is 0 Å². The van der Waals surface area contributed by atoms with Crippen molar-refractivity contribution < 1.29 is 9.63 Å². The number of carbonyl (C=O) groups is 1. The van der Waals surface area contributed by atoms with E-state index >= 15 is 0 Å². The molecule has 1 N–H and O–H groups in total. The minimum atomic E-state index is -0.372. The van der Waals surface area contributed by atoms with E-state index < -0.39 is 0 Å². The molecule has 0 spiro atoms. The number of nitrogens with one attached hydrogen (secondary N) is 1. The summed E-state index contributed by atoms with van der Waals surface area (Å²) in [7, 11) is 0. The van der Waals surface area contributed by atoms with Crippen molar-refractivity contribution in [3.63, 3.8) is 0 Å². The number of oxime groups is 1. The summed E-state index contributed by atoms with van der Waals surface area (Å²) in [5.74, 6) is -0.208. The Kier molecular flexibility index (Phi) is 4.59. The van der Waals surface area contributed by atoms with Crippen LogP contribution < -0.4 is 5.32 Å². The summed E-state index contributed by atoms with van der Waals surface area (Å²) in [5.41, 5.74) is 2.88. The maximum absolute atomic E-state index is 12.4. The number of aromatic nitrogens is 1. The number of amides is 1. The van der Waals surface area contributed by atoms with Gasteiger partial charge >= 0.3 is 0 Å². The average Bonchev–Trinajstić information content (AvgIpc) is 3.07. The van der Waals surface area contributed by atoms with Gasteiger partial charge in [0.25, 0.3) is 5.91 Å². The third kappa shape index (κ3) is 3.97. The lowest BCUT2D eigenvalue weighted by Gasteiger charge is -2.21. The molecule has 2 aromatic carbocycles. The highest BCUT2D eigenvalue weighted by atomic mass is 16.7. The monoisotopic (exact) mass is 359 g/mol. The molecule has 5 heteroatoms. The lowest BCUT2D eigenvalue weighted by Crippen LogP contribution is -2.33. The number of rotatable bonds is 5. The molecule has 0 aliphatic carbocycles. The van der Waals surface area contributed by atoms with Crippen molar-refractivity contribution >= 4 is 22.5 Å². The summed E-state index contributed by atoms with van der Waals surface area (Å²) in [6.07, 6.45) is 1.47. The number of fused-ring (bicyclic) bond motifs is 1. The molecule has 1 atom stereocenters. The van der Waals surface area contributed by atoms with Crippen molar-refractivity contribution in [2.75, 3.05) is 6.54 Å². The van der Waals surface area contributed by atoms with Crippen LogP contribution in [0.4, 0.5) is 0 Å². The second-order valence-corrected chi connectivity index (χ2v) is 7.11. The van der Waals surface area contributed by atoms with E-state index in [0.717, 1.165) is 23.0 Å². The van der Waals surface area contributed by atoms with E-state index in [-0.39, 0.29) is 11.5 Å². The van der Waals surface area contributed by atoms with Gasteiger partial charge < -0.3 is 10.2 Å². The third-order valence-corrected chi connectivity index (χ3v) is 4.68. The van der Waals surface area contributed by atoms with Gasteiger partial charge in [-0.15, -0.1) is 0 Å². The van der Waals surface area contributed by atoms with E-state index in [2.05, 4.69) is 27.6 Å². The fourth-order valence-electron chi connectivity index (χ4n) is 3.35. The number of hydrogen-bond acceptors (Lipinski definition) is 4. The SMILES string of the molecule is CC1(Cc2ccccc2)CC(CNC(=O)c2ccc3ccccc3n2)=NO1. The maximum atomic E-state index is 12.4. The van der Waals surface area contributed by atoms with Crippen molar-refractivity contribution in [3.8, 4) is 0 Å². The van der Waals surface area contributed by atoms with Crippen molar-refractivity contribution in [1.82, 2.24) is 10.3 Å². The van der Waals surface area contributed by atoms with E-state index in [4.69, 9.17) is 4.84 Å². The zero-order valence-electron chi connectivity index (χ0n) is 15.2. The molecule has 0 saturated heterocycles. The highest BCUT2D eigenvalue weighted by Crippen LogP contribution is 2.27. The number of pyridine rings is 1. The van der Waals surface area contributed by atoms with Crippen LogP contribution in [0.15, 0.2) is 71.9 Å². The van der Waals surface area contributed by atoms with Crippen molar-refractivity contribution in [1.29, 1.82) is 0 Å². The van der Waals surface area contributed by atoms with E-state index in [9.17, 15) is 4.79 Å². The number of para-hydroxylation sites is 1. The maximum Gasteiger partial charge on any atom is 0.270 e. The molecule has 0 bridgehead atoms. The Balaban J connectivity index is 1.35. The molecule has 2 heterocycles. The van der Waals surface area contributed by atoms with Gasteiger partial charge in [-0.3, -0.25) is 4.79 Å². The topological polar surface area (TPSA) is 63.6 Å². The molecule has 1 aliphatic rings. The lowest BCUT2D eigenvalue weighted by atomic mass is 9.92. The minimum Gasteiger partial charge on any atom is -0.389 e. The smallest absolute Gasteiger partial charge is 0.270 e. The molecular weight excluding hydrogens is 338 g/mol.